The number of rotatable bonds is 6. The largest absolute Gasteiger partial charge is 0.491 e. The fourth-order valence-corrected chi connectivity index (χ4v) is 4.28. The Bertz CT molecular complexity index is 790. The molecule has 0 amide bonds. The summed E-state index contributed by atoms with van der Waals surface area (Å²) >= 11 is 0. The molecule has 0 atom stereocenters. The first-order valence-electron chi connectivity index (χ1n) is 10.4. The molecule has 0 bridgehead atoms. The Morgan fingerprint density at radius 3 is 2.96 bits per heavy atom. The summed E-state index contributed by atoms with van der Waals surface area (Å²) in [6.07, 6.45) is 8.67. The molecule has 1 fully saturated rings. The van der Waals surface area contributed by atoms with E-state index in [1.54, 1.807) is 0 Å². The summed E-state index contributed by atoms with van der Waals surface area (Å²) in [5.41, 5.74) is 2.59. The molecule has 2 aliphatic heterocycles. The molecule has 0 radical (unpaired) electrons. The number of esters is 1. The molecule has 4 rings (SSSR count). The second kappa shape index (κ2) is 8.34. The molecule has 5 nitrogen and oxygen atoms in total. The second-order valence-corrected chi connectivity index (χ2v) is 7.80. The molecule has 0 aliphatic carbocycles. The van der Waals surface area contributed by atoms with Crippen LogP contribution >= 0.6 is 0 Å². The van der Waals surface area contributed by atoms with Gasteiger partial charge in [0.05, 0.1) is 24.4 Å². The van der Waals surface area contributed by atoms with E-state index < -0.39 is 0 Å². The number of ether oxygens (including phenoxy) is 2. The van der Waals surface area contributed by atoms with Crippen molar-refractivity contribution in [3.8, 4) is 5.75 Å². The maximum atomic E-state index is 12.9. The van der Waals surface area contributed by atoms with E-state index in [1.807, 2.05) is 24.4 Å². The fraction of sp³-hybridized carbons (Fsp3) is 0.591. The Hall–Kier alpha value is -2.01. The van der Waals surface area contributed by atoms with E-state index in [0.29, 0.717) is 24.7 Å². The van der Waals surface area contributed by atoms with Gasteiger partial charge in [0.15, 0.2) is 5.75 Å². The molecule has 0 unspecified atom stereocenters. The lowest BCUT2D eigenvalue weighted by Crippen LogP contribution is -2.36. The topological polar surface area (TPSA) is 43.2 Å². The minimum absolute atomic E-state index is 0.240. The van der Waals surface area contributed by atoms with E-state index in [-0.39, 0.29) is 5.97 Å². The highest BCUT2D eigenvalue weighted by atomic mass is 16.5. The first-order chi connectivity index (χ1) is 13.3. The van der Waals surface area contributed by atoms with Crippen LogP contribution in [-0.4, -0.2) is 48.1 Å². The van der Waals surface area contributed by atoms with Gasteiger partial charge in [-0.1, -0.05) is 19.4 Å². The number of hydrogen-bond donors (Lipinski definition) is 0. The van der Waals surface area contributed by atoms with E-state index in [0.717, 1.165) is 55.7 Å². The molecule has 1 saturated heterocycles. The highest BCUT2D eigenvalue weighted by Gasteiger charge is 2.28. The predicted molar refractivity (Wildman–Crippen MR) is 106 cm³/mol. The predicted octanol–water partition coefficient (Wildman–Crippen LogP) is 3.93. The number of aryl methyl sites for hydroxylation is 1. The normalized spacial score (nSPS) is 18.3. The highest BCUT2D eigenvalue weighted by Crippen LogP contribution is 2.35. The third kappa shape index (κ3) is 3.84. The van der Waals surface area contributed by atoms with Gasteiger partial charge in [0.25, 0.3) is 0 Å². The smallest absolute Gasteiger partial charge is 0.344 e. The van der Waals surface area contributed by atoms with Crippen LogP contribution in [0.1, 0.15) is 55.1 Å². The monoisotopic (exact) mass is 370 g/mol. The van der Waals surface area contributed by atoms with E-state index in [9.17, 15) is 4.79 Å². The van der Waals surface area contributed by atoms with Crippen molar-refractivity contribution < 1.29 is 14.3 Å². The molecular weight excluding hydrogens is 340 g/mol. The molecule has 0 spiro atoms. The molecule has 2 aliphatic rings. The Morgan fingerprint density at radius 2 is 2.15 bits per heavy atom. The molecule has 5 heteroatoms. The Labute approximate surface area is 161 Å². The van der Waals surface area contributed by atoms with Crippen molar-refractivity contribution >= 4 is 11.5 Å². The Kier molecular flexibility index (Phi) is 5.67. The van der Waals surface area contributed by atoms with Gasteiger partial charge in [0.2, 0.25) is 0 Å². The molecule has 146 valence electrons. The van der Waals surface area contributed by atoms with Crippen LogP contribution < -0.4 is 4.74 Å². The summed E-state index contributed by atoms with van der Waals surface area (Å²) < 4.78 is 13.7. The summed E-state index contributed by atoms with van der Waals surface area (Å²) in [4.78, 5) is 15.4. The van der Waals surface area contributed by atoms with Crippen molar-refractivity contribution in [3.05, 3.63) is 35.7 Å². The standard InChI is InChI=1S/C22H30N2O3/c1-2-3-11-23-13-9-17(10-14-23)16-27-22(25)20-18-7-4-5-12-24(18)19-8-6-15-26-21(19)20/h4-5,7,12,17H,2-3,6,8-11,13-16H2,1H3. The zero-order valence-electron chi connectivity index (χ0n) is 16.3. The van der Waals surface area contributed by atoms with Gasteiger partial charge in [-0.2, -0.15) is 0 Å². The third-order valence-electron chi connectivity index (χ3n) is 5.89. The van der Waals surface area contributed by atoms with Crippen molar-refractivity contribution in [1.82, 2.24) is 9.30 Å². The lowest BCUT2D eigenvalue weighted by molar-refractivity contribution is 0.0370. The average molecular weight is 370 g/mol. The maximum Gasteiger partial charge on any atom is 0.344 e. The number of carbonyl (C=O) groups is 1. The van der Waals surface area contributed by atoms with Crippen LogP contribution in [0.4, 0.5) is 0 Å². The van der Waals surface area contributed by atoms with Crippen molar-refractivity contribution in [3.63, 3.8) is 0 Å². The summed E-state index contributed by atoms with van der Waals surface area (Å²) in [5, 5.41) is 0. The number of hydrogen-bond acceptors (Lipinski definition) is 4. The summed E-state index contributed by atoms with van der Waals surface area (Å²) in [5.74, 6) is 0.958. The summed E-state index contributed by atoms with van der Waals surface area (Å²) in [6.45, 7) is 6.86. The number of piperidine rings is 1. The average Bonchev–Trinajstić information content (AvgIpc) is 3.06. The number of likely N-dealkylation sites (tertiary alicyclic amines) is 1. The Morgan fingerprint density at radius 1 is 1.30 bits per heavy atom. The van der Waals surface area contributed by atoms with Crippen LogP contribution in [0.5, 0.6) is 5.75 Å². The van der Waals surface area contributed by atoms with E-state index in [1.165, 1.54) is 19.4 Å². The first kappa shape index (κ1) is 18.4. The van der Waals surface area contributed by atoms with Crippen LogP contribution in [0.15, 0.2) is 24.4 Å². The SMILES string of the molecule is CCCCN1CCC(COC(=O)c2c3c(n4ccccc24)CCCO3)CC1. The van der Waals surface area contributed by atoms with Crippen LogP contribution in [0.2, 0.25) is 0 Å². The van der Waals surface area contributed by atoms with Gasteiger partial charge in [0, 0.05) is 6.20 Å². The van der Waals surface area contributed by atoms with Gasteiger partial charge in [-0.25, -0.2) is 4.79 Å². The molecule has 2 aromatic rings. The van der Waals surface area contributed by atoms with Crippen molar-refractivity contribution in [2.24, 2.45) is 5.92 Å². The molecular formula is C22H30N2O3. The Balaban J connectivity index is 1.41. The van der Waals surface area contributed by atoms with E-state index in [4.69, 9.17) is 9.47 Å². The fourth-order valence-electron chi connectivity index (χ4n) is 4.28. The number of aromatic nitrogens is 1. The van der Waals surface area contributed by atoms with Gasteiger partial charge in [-0.3, -0.25) is 0 Å². The number of nitrogens with zero attached hydrogens (tertiary/aromatic N) is 2. The van der Waals surface area contributed by atoms with E-state index >= 15 is 0 Å². The van der Waals surface area contributed by atoms with Gasteiger partial charge in [-0.05, 0) is 69.8 Å². The zero-order valence-corrected chi connectivity index (χ0v) is 16.3. The molecule has 2 aromatic heterocycles. The van der Waals surface area contributed by atoms with E-state index in [2.05, 4.69) is 16.2 Å². The van der Waals surface area contributed by atoms with Crippen molar-refractivity contribution in [2.45, 2.75) is 45.4 Å². The summed E-state index contributed by atoms with van der Waals surface area (Å²) in [7, 11) is 0. The van der Waals surface area contributed by atoms with Gasteiger partial charge < -0.3 is 18.8 Å². The van der Waals surface area contributed by atoms with Gasteiger partial charge >= 0.3 is 5.97 Å². The third-order valence-corrected chi connectivity index (χ3v) is 5.89. The van der Waals surface area contributed by atoms with Crippen LogP contribution in [0, 0.1) is 5.92 Å². The molecule has 27 heavy (non-hydrogen) atoms. The quantitative estimate of drug-likeness (QED) is 0.723. The van der Waals surface area contributed by atoms with Crippen LogP contribution in [0.3, 0.4) is 0 Å². The molecule has 0 saturated carbocycles. The molecule has 4 heterocycles. The highest BCUT2D eigenvalue weighted by molar-refractivity contribution is 6.01. The summed E-state index contributed by atoms with van der Waals surface area (Å²) in [6, 6.07) is 5.93. The second-order valence-electron chi connectivity index (χ2n) is 7.80. The van der Waals surface area contributed by atoms with Gasteiger partial charge in [0.1, 0.15) is 5.56 Å². The van der Waals surface area contributed by atoms with Gasteiger partial charge in [-0.15, -0.1) is 0 Å². The van der Waals surface area contributed by atoms with Crippen LogP contribution in [0.25, 0.3) is 5.52 Å². The number of pyridine rings is 1. The van der Waals surface area contributed by atoms with Crippen LogP contribution in [-0.2, 0) is 11.2 Å². The number of fused-ring (bicyclic) bond motifs is 3. The molecule has 0 N–H and O–H groups in total. The maximum absolute atomic E-state index is 12.9. The molecule has 0 aromatic carbocycles. The minimum Gasteiger partial charge on any atom is -0.491 e. The number of unbranched alkanes of at least 4 members (excludes halogenated alkanes) is 1. The minimum atomic E-state index is -0.240. The number of carbonyl (C=O) groups excluding carboxylic acids is 1. The lowest BCUT2D eigenvalue weighted by Gasteiger charge is -2.31. The lowest BCUT2D eigenvalue weighted by atomic mass is 9.97. The van der Waals surface area contributed by atoms with Crippen molar-refractivity contribution in [1.29, 1.82) is 0 Å². The zero-order chi connectivity index (χ0) is 18.6. The first-order valence-corrected chi connectivity index (χ1v) is 10.4. The van der Waals surface area contributed by atoms with Crippen molar-refractivity contribution in [2.75, 3.05) is 32.8 Å².